The lowest BCUT2D eigenvalue weighted by atomic mass is 10.00. The van der Waals surface area contributed by atoms with Crippen molar-refractivity contribution in [1.29, 1.82) is 0 Å². The standard InChI is InChI=1S/C15H21BrN2O/c1-10-8-18(9-10)12(3)15(19)17-11(2)13-4-6-14(16)7-5-13/h4-7,10-12H,8-9H2,1-3H3,(H,17,19). The highest BCUT2D eigenvalue weighted by atomic mass is 79.9. The number of nitrogens with zero attached hydrogens (tertiary/aromatic N) is 1. The molecule has 2 rings (SSSR count). The van der Waals surface area contributed by atoms with Crippen molar-refractivity contribution < 1.29 is 4.79 Å². The van der Waals surface area contributed by atoms with Crippen LogP contribution < -0.4 is 5.32 Å². The molecule has 1 aliphatic heterocycles. The van der Waals surface area contributed by atoms with Crippen LogP contribution in [0.5, 0.6) is 0 Å². The van der Waals surface area contributed by atoms with E-state index in [2.05, 4.69) is 33.1 Å². The third-order valence-corrected chi connectivity index (χ3v) is 4.28. The lowest BCUT2D eigenvalue weighted by molar-refractivity contribution is -0.128. The van der Waals surface area contributed by atoms with Gasteiger partial charge in [0.2, 0.25) is 5.91 Å². The summed E-state index contributed by atoms with van der Waals surface area (Å²) in [5.41, 5.74) is 1.13. The van der Waals surface area contributed by atoms with Crippen LogP contribution in [-0.4, -0.2) is 29.9 Å². The van der Waals surface area contributed by atoms with Gasteiger partial charge in [-0.15, -0.1) is 0 Å². The molecule has 0 aromatic heterocycles. The van der Waals surface area contributed by atoms with E-state index in [4.69, 9.17) is 0 Å². The normalized spacial score (nSPS) is 19.6. The Kier molecular flexibility index (Phi) is 4.63. The summed E-state index contributed by atoms with van der Waals surface area (Å²) in [6.45, 7) is 8.27. The quantitative estimate of drug-likeness (QED) is 0.923. The molecule has 0 bridgehead atoms. The lowest BCUT2D eigenvalue weighted by Gasteiger charge is -2.41. The molecule has 1 aromatic rings. The fourth-order valence-electron chi connectivity index (χ4n) is 2.40. The molecule has 1 heterocycles. The predicted octanol–water partition coefficient (Wildman–Crippen LogP) is 2.97. The van der Waals surface area contributed by atoms with E-state index in [-0.39, 0.29) is 18.0 Å². The Morgan fingerprint density at radius 2 is 1.89 bits per heavy atom. The second-order valence-electron chi connectivity index (χ2n) is 5.52. The zero-order valence-electron chi connectivity index (χ0n) is 11.7. The van der Waals surface area contributed by atoms with Crippen molar-refractivity contribution in [2.24, 2.45) is 5.92 Å². The molecule has 1 N–H and O–H groups in total. The molecule has 1 amide bonds. The monoisotopic (exact) mass is 324 g/mol. The van der Waals surface area contributed by atoms with Crippen molar-refractivity contribution in [2.45, 2.75) is 32.9 Å². The number of benzene rings is 1. The minimum absolute atomic E-state index is 0.0332. The Morgan fingerprint density at radius 3 is 2.42 bits per heavy atom. The van der Waals surface area contributed by atoms with Crippen molar-refractivity contribution in [3.05, 3.63) is 34.3 Å². The van der Waals surface area contributed by atoms with E-state index >= 15 is 0 Å². The first kappa shape index (κ1) is 14.5. The van der Waals surface area contributed by atoms with E-state index in [0.29, 0.717) is 0 Å². The summed E-state index contributed by atoms with van der Waals surface area (Å²) in [5, 5.41) is 3.08. The fraction of sp³-hybridized carbons (Fsp3) is 0.533. The first-order valence-corrected chi connectivity index (χ1v) is 7.56. The molecule has 2 unspecified atom stereocenters. The van der Waals surface area contributed by atoms with Crippen LogP contribution in [0, 0.1) is 5.92 Å². The fourth-order valence-corrected chi connectivity index (χ4v) is 2.66. The summed E-state index contributed by atoms with van der Waals surface area (Å²) in [6.07, 6.45) is 0. The van der Waals surface area contributed by atoms with Crippen LogP contribution in [0.3, 0.4) is 0 Å². The van der Waals surface area contributed by atoms with Crippen molar-refractivity contribution in [3.63, 3.8) is 0 Å². The summed E-state index contributed by atoms with van der Waals surface area (Å²) >= 11 is 3.42. The molecule has 0 saturated carbocycles. The van der Waals surface area contributed by atoms with Crippen molar-refractivity contribution in [2.75, 3.05) is 13.1 Å². The van der Waals surface area contributed by atoms with Gasteiger partial charge >= 0.3 is 0 Å². The van der Waals surface area contributed by atoms with Gasteiger partial charge in [0.25, 0.3) is 0 Å². The Hall–Kier alpha value is -0.870. The van der Waals surface area contributed by atoms with Crippen LogP contribution in [-0.2, 0) is 4.79 Å². The van der Waals surface area contributed by atoms with E-state index in [9.17, 15) is 4.79 Å². The van der Waals surface area contributed by atoms with Crippen LogP contribution in [0.1, 0.15) is 32.4 Å². The minimum atomic E-state index is -0.0332. The maximum absolute atomic E-state index is 12.2. The predicted molar refractivity (Wildman–Crippen MR) is 80.9 cm³/mol. The van der Waals surface area contributed by atoms with Gasteiger partial charge in [0.05, 0.1) is 12.1 Å². The number of hydrogen-bond acceptors (Lipinski definition) is 2. The van der Waals surface area contributed by atoms with Gasteiger partial charge in [-0.05, 0) is 37.5 Å². The van der Waals surface area contributed by atoms with Gasteiger partial charge in [0.1, 0.15) is 0 Å². The van der Waals surface area contributed by atoms with Crippen molar-refractivity contribution >= 4 is 21.8 Å². The topological polar surface area (TPSA) is 32.3 Å². The molecule has 0 aliphatic carbocycles. The van der Waals surface area contributed by atoms with Crippen LogP contribution in [0.2, 0.25) is 0 Å². The highest BCUT2D eigenvalue weighted by Gasteiger charge is 2.31. The maximum atomic E-state index is 12.2. The van der Waals surface area contributed by atoms with Crippen molar-refractivity contribution in [3.8, 4) is 0 Å². The Balaban J connectivity index is 1.89. The second kappa shape index (κ2) is 6.06. The maximum Gasteiger partial charge on any atom is 0.237 e. The molecule has 19 heavy (non-hydrogen) atoms. The Labute approximate surface area is 123 Å². The molecule has 104 valence electrons. The van der Waals surface area contributed by atoms with Gasteiger partial charge < -0.3 is 5.32 Å². The SMILES string of the molecule is CC1CN(C(C)C(=O)NC(C)c2ccc(Br)cc2)C1. The van der Waals surface area contributed by atoms with E-state index in [1.165, 1.54) is 0 Å². The largest absolute Gasteiger partial charge is 0.348 e. The van der Waals surface area contributed by atoms with Crippen LogP contribution in [0.25, 0.3) is 0 Å². The summed E-state index contributed by atoms with van der Waals surface area (Å²) < 4.78 is 1.05. The van der Waals surface area contributed by atoms with Crippen molar-refractivity contribution in [1.82, 2.24) is 10.2 Å². The number of halogens is 1. The van der Waals surface area contributed by atoms with E-state index in [1.54, 1.807) is 0 Å². The number of hydrogen-bond donors (Lipinski definition) is 1. The molecule has 1 aliphatic rings. The summed E-state index contributed by atoms with van der Waals surface area (Å²) in [7, 11) is 0. The molecule has 0 radical (unpaired) electrons. The molecule has 0 spiro atoms. The molecule has 4 heteroatoms. The Bertz CT molecular complexity index is 440. The van der Waals surface area contributed by atoms with Gasteiger partial charge in [-0.25, -0.2) is 0 Å². The number of likely N-dealkylation sites (tertiary alicyclic amines) is 1. The Morgan fingerprint density at radius 1 is 1.32 bits per heavy atom. The third kappa shape index (κ3) is 3.57. The molecular weight excluding hydrogens is 304 g/mol. The zero-order chi connectivity index (χ0) is 14.0. The van der Waals surface area contributed by atoms with Crippen LogP contribution >= 0.6 is 15.9 Å². The highest BCUT2D eigenvalue weighted by molar-refractivity contribution is 9.10. The summed E-state index contributed by atoms with van der Waals surface area (Å²) in [6, 6.07) is 8.07. The van der Waals surface area contributed by atoms with Gasteiger partial charge in [0.15, 0.2) is 0 Å². The molecular formula is C15H21BrN2O. The molecule has 1 saturated heterocycles. The second-order valence-corrected chi connectivity index (χ2v) is 6.43. The number of carbonyl (C=O) groups is 1. The van der Waals surface area contributed by atoms with E-state index in [0.717, 1.165) is 29.0 Å². The first-order chi connectivity index (χ1) is 8.97. The van der Waals surface area contributed by atoms with Gasteiger partial charge in [0, 0.05) is 17.6 Å². The molecule has 2 atom stereocenters. The summed E-state index contributed by atoms with van der Waals surface area (Å²) in [4.78, 5) is 14.4. The highest BCUT2D eigenvalue weighted by Crippen LogP contribution is 2.19. The minimum Gasteiger partial charge on any atom is -0.348 e. The van der Waals surface area contributed by atoms with Crippen LogP contribution in [0.15, 0.2) is 28.7 Å². The lowest BCUT2D eigenvalue weighted by Crippen LogP contribution is -2.55. The van der Waals surface area contributed by atoms with E-state index in [1.807, 2.05) is 38.1 Å². The molecule has 3 nitrogen and oxygen atoms in total. The first-order valence-electron chi connectivity index (χ1n) is 6.77. The van der Waals surface area contributed by atoms with Crippen LogP contribution in [0.4, 0.5) is 0 Å². The average Bonchev–Trinajstić information content (AvgIpc) is 2.34. The van der Waals surface area contributed by atoms with Gasteiger partial charge in [-0.1, -0.05) is 35.0 Å². The number of carbonyl (C=O) groups excluding carboxylic acids is 1. The average molecular weight is 325 g/mol. The van der Waals surface area contributed by atoms with Gasteiger partial charge in [-0.3, -0.25) is 9.69 Å². The number of nitrogens with one attached hydrogen (secondary N) is 1. The number of amides is 1. The van der Waals surface area contributed by atoms with Gasteiger partial charge in [-0.2, -0.15) is 0 Å². The van der Waals surface area contributed by atoms with E-state index < -0.39 is 0 Å². The number of rotatable bonds is 4. The third-order valence-electron chi connectivity index (χ3n) is 3.75. The molecule has 1 fully saturated rings. The zero-order valence-corrected chi connectivity index (χ0v) is 13.3. The molecule has 1 aromatic carbocycles. The smallest absolute Gasteiger partial charge is 0.237 e. The summed E-state index contributed by atoms with van der Waals surface area (Å²) in [5.74, 6) is 0.835.